The maximum atomic E-state index is 12.5. The van der Waals surface area contributed by atoms with Crippen molar-refractivity contribution in [2.75, 3.05) is 11.9 Å². The topological polar surface area (TPSA) is 139 Å². The Hall–Kier alpha value is -2.87. The Morgan fingerprint density at radius 1 is 1.21 bits per heavy atom. The average molecular weight is 389 g/mol. The third-order valence-electron chi connectivity index (χ3n) is 4.26. The van der Waals surface area contributed by atoms with Gasteiger partial charge < -0.3 is 25.8 Å². The summed E-state index contributed by atoms with van der Waals surface area (Å²) in [7, 11) is 0. The second-order valence-electron chi connectivity index (χ2n) is 7.98. The second-order valence-corrected chi connectivity index (χ2v) is 7.98. The number of nitrogens with zero attached hydrogens (tertiary/aromatic N) is 1. The lowest BCUT2D eigenvalue weighted by molar-refractivity contribution is -0.123. The molecule has 5 N–H and O–H groups in total. The molecule has 1 amide bonds. The number of phenols is 2. The average Bonchev–Trinajstić information content (AvgIpc) is 2.97. The largest absolute Gasteiger partial charge is 0.508 e. The van der Waals surface area contributed by atoms with Crippen LogP contribution >= 0.6 is 0 Å². The fraction of sp³-hybridized carbons (Fsp3) is 0.450. The Morgan fingerprint density at radius 3 is 2.39 bits per heavy atom. The first-order valence-electron chi connectivity index (χ1n) is 9.08. The normalized spacial score (nSPS) is 11.7. The third kappa shape index (κ3) is 4.33. The van der Waals surface area contributed by atoms with Crippen LogP contribution in [0.3, 0.4) is 0 Å². The van der Waals surface area contributed by atoms with Crippen molar-refractivity contribution in [1.29, 1.82) is 0 Å². The predicted octanol–water partition coefficient (Wildman–Crippen LogP) is 3.39. The molecule has 1 heterocycles. The Morgan fingerprint density at radius 2 is 1.86 bits per heavy atom. The van der Waals surface area contributed by atoms with Crippen LogP contribution in [-0.4, -0.2) is 33.6 Å². The minimum absolute atomic E-state index is 0.0309. The van der Waals surface area contributed by atoms with Crippen molar-refractivity contribution in [3.63, 3.8) is 0 Å². The van der Waals surface area contributed by atoms with Gasteiger partial charge >= 0.3 is 0 Å². The summed E-state index contributed by atoms with van der Waals surface area (Å²) in [6, 6.07) is 2.75. The third-order valence-corrected chi connectivity index (χ3v) is 4.26. The van der Waals surface area contributed by atoms with Crippen LogP contribution in [0.2, 0.25) is 0 Å². The molecule has 8 nitrogen and oxygen atoms in total. The van der Waals surface area contributed by atoms with Crippen LogP contribution in [0, 0.1) is 5.41 Å². The van der Waals surface area contributed by atoms with Crippen molar-refractivity contribution in [2.45, 2.75) is 47.0 Å². The molecular formula is C20H27N3O5. The van der Waals surface area contributed by atoms with Crippen LogP contribution in [0.1, 0.15) is 63.0 Å². The molecule has 0 atom stereocenters. The zero-order valence-corrected chi connectivity index (χ0v) is 16.8. The van der Waals surface area contributed by atoms with Crippen molar-refractivity contribution in [3.8, 4) is 22.8 Å². The molecule has 0 unspecified atom stereocenters. The number of hydrogen-bond donors (Lipinski definition) is 4. The minimum atomic E-state index is -0.733. The van der Waals surface area contributed by atoms with Crippen LogP contribution in [0.15, 0.2) is 16.7 Å². The van der Waals surface area contributed by atoms with Gasteiger partial charge in [-0.2, -0.15) is 0 Å². The van der Waals surface area contributed by atoms with E-state index in [-0.39, 0.29) is 64.8 Å². The monoisotopic (exact) mass is 389 g/mol. The Bertz CT molecular complexity index is 894. The van der Waals surface area contributed by atoms with Crippen molar-refractivity contribution in [1.82, 2.24) is 5.16 Å². The first-order valence-corrected chi connectivity index (χ1v) is 9.08. The van der Waals surface area contributed by atoms with Crippen molar-refractivity contribution < 1.29 is 24.3 Å². The van der Waals surface area contributed by atoms with Crippen molar-refractivity contribution in [2.24, 2.45) is 11.1 Å². The Balaban J connectivity index is 2.66. The number of benzene rings is 1. The molecule has 0 aliphatic heterocycles. The second kappa shape index (κ2) is 8.02. The molecule has 0 fully saturated rings. The SMILES string of the molecule is CC(C)c1cc(-c2onc(C(=O)CCN)c2NC(=O)C(C)(C)C)c(O)cc1O. The van der Waals surface area contributed by atoms with Crippen molar-refractivity contribution >= 4 is 17.4 Å². The Kier molecular flexibility index (Phi) is 6.14. The number of aromatic hydroxyl groups is 2. The lowest BCUT2D eigenvalue weighted by Crippen LogP contribution is -2.28. The highest BCUT2D eigenvalue weighted by Crippen LogP contribution is 2.42. The molecule has 0 saturated heterocycles. The van der Waals surface area contributed by atoms with Crippen LogP contribution in [0.4, 0.5) is 5.69 Å². The lowest BCUT2D eigenvalue weighted by Gasteiger charge is -2.18. The minimum Gasteiger partial charge on any atom is -0.508 e. The molecule has 0 aliphatic rings. The van der Waals surface area contributed by atoms with E-state index in [0.717, 1.165) is 0 Å². The van der Waals surface area contributed by atoms with Gasteiger partial charge in [0.05, 0.1) is 5.56 Å². The van der Waals surface area contributed by atoms with E-state index in [9.17, 15) is 19.8 Å². The number of carbonyl (C=O) groups excluding carboxylic acids is 2. The molecular weight excluding hydrogens is 362 g/mol. The molecule has 0 saturated carbocycles. The first kappa shape index (κ1) is 21.4. The zero-order valence-electron chi connectivity index (χ0n) is 16.8. The number of ketones is 1. The van der Waals surface area contributed by atoms with E-state index in [1.165, 1.54) is 6.07 Å². The molecule has 1 aromatic carbocycles. The van der Waals surface area contributed by atoms with E-state index in [1.807, 2.05) is 13.8 Å². The number of nitrogens with one attached hydrogen (secondary N) is 1. The maximum Gasteiger partial charge on any atom is 0.229 e. The molecule has 0 spiro atoms. The van der Waals surface area contributed by atoms with Gasteiger partial charge in [0.1, 0.15) is 17.2 Å². The number of Topliss-reactive ketones (excluding diaryl/α,β-unsaturated/α-hetero) is 1. The fourth-order valence-corrected chi connectivity index (χ4v) is 2.57. The number of amides is 1. The fourth-order valence-electron chi connectivity index (χ4n) is 2.57. The van der Waals surface area contributed by atoms with Gasteiger partial charge in [0, 0.05) is 17.9 Å². The van der Waals surface area contributed by atoms with E-state index in [0.29, 0.717) is 5.56 Å². The smallest absolute Gasteiger partial charge is 0.229 e. The summed E-state index contributed by atoms with van der Waals surface area (Å²) in [4.78, 5) is 24.9. The molecule has 0 radical (unpaired) electrons. The van der Waals surface area contributed by atoms with Gasteiger partial charge in [-0.1, -0.05) is 39.8 Å². The zero-order chi connectivity index (χ0) is 21.2. The first-order chi connectivity index (χ1) is 13.0. The number of aromatic nitrogens is 1. The van der Waals surface area contributed by atoms with E-state index in [4.69, 9.17) is 10.3 Å². The van der Waals surface area contributed by atoms with Gasteiger partial charge in [0.2, 0.25) is 5.91 Å². The van der Waals surface area contributed by atoms with Gasteiger partial charge in [-0.25, -0.2) is 0 Å². The highest BCUT2D eigenvalue weighted by atomic mass is 16.5. The van der Waals surface area contributed by atoms with Crippen molar-refractivity contribution in [3.05, 3.63) is 23.4 Å². The summed E-state index contributed by atoms with van der Waals surface area (Å²) in [6.07, 6.45) is 0.0309. The molecule has 152 valence electrons. The predicted molar refractivity (Wildman–Crippen MR) is 105 cm³/mol. The van der Waals surface area contributed by atoms with E-state index in [1.54, 1.807) is 26.8 Å². The van der Waals surface area contributed by atoms with Gasteiger partial charge in [-0.3, -0.25) is 9.59 Å². The Labute approximate surface area is 163 Å². The van der Waals surface area contributed by atoms with Gasteiger partial charge in [0.15, 0.2) is 17.2 Å². The van der Waals surface area contributed by atoms with Crippen LogP contribution < -0.4 is 11.1 Å². The summed E-state index contributed by atoms with van der Waals surface area (Å²) < 4.78 is 5.35. The standard InChI is InChI=1S/C20H27N3O5/c1-10(2)11-8-12(15(26)9-14(11)25)18-17(22-19(27)20(3,4)5)16(23-28-18)13(24)6-7-21/h8-10,25-26H,6-7,21H2,1-5H3,(H,22,27). The lowest BCUT2D eigenvalue weighted by atomic mass is 9.94. The van der Waals surface area contributed by atoms with E-state index >= 15 is 0 Å². The highest BCUT2D eigenvalue weighted by molar-refractivity contribution is 6.07. The van der Waals surface area contributed by atoms with Gasteiger partial charge in [0.25, 0.3) is 0 Å². The van der Waals surface area contributed by atoms with Gasteiger partial charge in [-0.15, -0.1) is 0 Å². The number of nitrogens with two attached hydrogens (primary N) is 1. The van der Waals surface area contributed by atoms with Crippen LogP contribution in [-0.2, 0) is 4.79 Å². The number of phenolic OH excluding ortho intramolecular Hbond substituents is 2. The van der Waals surface area contributed by atoms with E-state index < -0.39 is 5.41 Å². The molecule has 2 rings (SSSR count). The molecule has 28 heavy (non-hydrogen) atoms. The summed E-state index contributed by atoms with van der Waals surface area (Å²) in [5.41, 5.74) is 5.54. The maximum absolute atomic E-state index is 12.5. The van der Waals surface area contributed by atoms with Gasteiger partial charge in [-0.05, 0) is 24.1 Å². The molecule has 0 bridgehead atoms. The summed E-state index contributed by atoms with van der Waals surface area (Å²) >= 11 is 0. The van der Waals surface area contributed by atoms with E-state index in [2.05, 4.69) is 10.5 Å². The molecule has 1 aromatic heterocycles. The highest BCUT2D eigenvalue weighted by Gasteiger charge is 2.30. The summed E-state index contributed by atoms with van der Waals surface area (Å²) in [5.74, 6) is -1.05. The molecule has 2 aromatic rings. The number of anilines is 1. The number of rotatable bonds is 6. The summed E-state index contributed by atoms with van der Waals surface area (Å²) in [5, 5.41) is 26.9. The molecule has 0 aliphatic carbocycles. The van der Waals surface area contributed by atoms with Crippen LogP contribution in [0.5, 0.6) is 11.5 Å². The van der Waals surface area contributed by atoms with Crippen LogP contribution in [0.25, 0.3) is 11.3 Å². The summed E-state index contributed by atoms with van der Waals surface area (Å²) in [6.45, 7) is 9.07. The quantitative estimate of drug-likeness (QED) is 0.555. The number of hydrogen-bond acceptors (Lipinski definition) is 7. The number of carbonyl (C=O) groups is 2. The molecule has 8 heteroatoms.